The van der Waals surface area contributed by atoms with Gasteiger partial charge in [0, 0.05) is 32.3 Å². The Bertz CT molecular complexity index is 236. The SMILES string of the molecule is CCC(O)C1CC(NCCCO)CN(CC(C)C)C1. The number of hydrogen-bond donors (Lipinski definition) is 3. The molecule has 114 valence electrons. The molecule has 0 saturated carbocycles. The zero-order chi connectivity index (χ0) is 14.3. The maximum absolute atomic E-state index is 10.1. The van der Waals surface area contributed by atoms with Crippen molar-refractivity contribution >= 4 is 0 Å². The fraction of sp³-hybridized carbons (Fsp3) is 1.00. The molecule has 3 atom stereocenters. The van der Waals surface area contributed by atoms with Gasteiger partial charge in [0.05, 0.1) is 6.10 Å². The van der Waals surface area contributed by atoms with Gasteiger partial charge in [0.25, 0.3) is 0 Å². The minimum absolute atomic E-state index is 0.183. The predicted molar refractivity (Wildman–Crippen MR) is 79.2 cm³/mol. The Morgan fingerprint density at radius 3 is 2.63 bits per heavy atom. The molecule has 4 nitrogen and oxygen atoms in total. The average molecular weight is 272 g/mol. The van der Waals surface area contributed by atoms with Crippen molar-refractivity contribution < 1.29 is 10.2 Å². The minimum atomic E-state index is -0.183. The minimum Gasteiger partial charge on any atom is -0.396 e. The molecular weight excluding hydrogens is 240 g/mol. The maximum atomic E-state index is 10.1. The van der Waals surface area contributed by atoms with Gasteiger partial charge in [0.2, 0.25) is 0 Å². The van der Waals surface area contributed by atoms with E-state index in [0.717, 1.165) is 45.4 Å². The summed E-state index contributed by atoms with van der Waals surface area (Å²) >= 11 is 0. The molecule has 19 heavy (non-hydrogen) atoms. The third kappa shape index (κ3) is 6.21. The molecule has 3 N–H and O–H groups in total. The second-order valence-electron chi connectivity index (χ2n) is 6.31. The maximum Gasteiger partial charge on any atom is 0.0578 e. The second kappa shape index (κ2) is 8.90. The van der Waals surface area contributed by atoms with Crippen LogP contribution in [0.5, 0.6) is 0 Å². The van der Waals surface area contributed by atoms with E-state index in [1.54, 1.807) is 0 Å². The van der Waals surface area contributed by atoms with Gasteiger partial charge >= 0.3 is 0 Å². The smallest absolute Gasteiger partial charge is 0.0578 e. The number of aliphatic hydroxyl groups is 2. The molecule has 4 heteroatoms. The summed E-state index contributed by atoms with van der Waals surface area (Å²) in [4.78, 5) is 2.48. The first kappa shape index (κ1) is 16.9. The molecule has 0 aromatic rings. The van der Waals surface area contributed by atoms with Gasteiger partial charge in [-0.25, -0.2) is 0 Å². The fourth-order valence-corrected chi connectivity index (χ4v) is 3.04. The lowest BCUT2D eigenvalue weighted by molar-refractivity contribution is 0.0316. The highest BCUT2D eigenvalue weighted by atomic mass is 16.3. The molecule has 0 aromatic carbocycles. The molecule has 1 fully saturated rings. The lowest BCUT2D eigenvalue weighted by Crippen LogP contribution is -2.52. The number of piperidine rings is 1. The lowest BCUT2D eigenvalue weighted by atomic mass is 9.88. The van der Waals surface area contributed by atoms with Gasteiger partial charge < -0.3 is 20.4 Å². The summed E-state index contributed by atoms with van der Waals surface area (Å²) in [5.74, 6) is 1.04. The summed E-state index contributed by atoms with van der Waals surface area (Å²) in [6.45, 7) is 10.8. The third-order valence-electron chi connectivity index (χ3n) is 3.91. The van der Waals surface area contributed by atoms with Crippen molar-refractivity contribution in [1.82, 2.24) is 10.2 Å². The van der Waals surface area contributed by atoms with Crippen LogP contribution in [-0.4, -0.2) is 60.0 Å². The molecule has 0 aliphatic carbocycles. The summed E-state index contributed by atoms with van der Waals surface area (Å²) in [5.41, 5.74) is 0. The first-order valence-electron chi connectivity index (χ1n) is 7.81. The van der Waals surface area contributed by atoms with Gasteiger partial charge in [-0.2, -0.15) is 0 Å². The Labute approximate surface area is 118 Å². The molecule has 3 unspecified atom stereocenters. The summed E-state index contributed by atoms with van der Waals surface area (Å²) in [6.07, 6.45) is 2.51. The molecule has 0 spiro atoms. The largest absolute Gasteiger partial charge is 0.396 e. The molecule has 0 radical (unpaired) electrons. The molecular formula is C15H32N2O2. The van der Waals surface area contributed by atoms with E-state index in [2.05, 4.69) is 31.0 Å². The van der Waals surface area contributed by atoms with E-state index in [0.29, 0.717) is 17.9 Å². The van der Waals surface area contributed by atoms with Crippen molar-refractivity contribution in [2.75, 3.05) is 32.8 Å². The molecule has 0 bridgehead atoms. The normalized spacial score (nSPS) is 26.8. The molecule has 1 rings (SSSR count). The Balaban J connectivity index is 2.50. The standard InChI is InChI=1S/C15H32N2O2/c1-4-15(19)13-8-14(16-6-5-7-18)11-17(10-13)9-12(2)3/h12-16,18-19H,4-11H2,1-3H3. The zero-order valence-corrected chi connectivity index (χ0v) is 12.8. The Morgan fingerprint density at radius 1 is 1.32 bits per heavy atom. The molecule has 1 aliphatic heterocycles. The molecule has 1 saturated heterocycles. The number of aliphatic hydroxyl groups excluding tert-OH is 2. The highest BCUT2D eigenvalue weighted by molar-refractivity contribution is 4.86. The Hall–Kier alpha value is -0.160. The third-order valence-corrected chi connectivity index (χ3v) is 3.91. The van der Waals surface area contributed by atoms with Crippen LogP contribution in [0.15, 0.2) is 0 Å². The van der Waals surface area contributed by atoms with Gasteiger partial charge in [-0.05, 0) is 37.6 Å². The van der Waals surface area contributed by atoms with Gasteiger partial charge in [-0.1, -0.05) is 20.8 Å². The quantitative estimate of drug-likeness (QED) is 0.579. The van der Waals surface area contributed by atoms with Crippen LogP contribution < -0.4 is 5.32 Å². The van der Waals surface area contributed by atoms with Crippen LogP contribution in [0.2, 0.25) is 0 Å². The van der Waals surface area contributed by atoms with Crippen LogP contribution in [0.1, 0.15) is 40.0 Å². The van der Waals surface area contributed by atoms with Crippen molar-refractivity contribution in [2.24, 2.45) is 11.8 Å². The number of nitrogens with zero attached hydrogens (tertiary/aromatic N) is 1. The van der Waals surface area contributed by atoms with E-state index in [1.165, 1.54) is 0 Å². The summed E-state index contributed by atoms with van der Waals surface area (Å²) in [5, 5.41) is 22.5. The topological polar surface area (TPSA) is 55.7 Å². The Morgan fingerprint density at radius 2 is 2.05 bits per heavy atom. The average Bonchev–Trinajstić information content (AvgIpc) is 2.37. The van der Waals surface area contributed by atoms with Crippen molar-refractivity contribution in [2.45, 2.75) is 52.2 Å². The van der Waals surface area contributed by atoms with Crippen molar-refractivity contribution in [3.63, 3.8) is 0 Å². The highest BCUT2D eigenvalue weighted by Crippen LogP contribution is 2.22. The number of nitrogens with one attached hydrogen (secondary N) is 1. The lowest BCUT2D eigenvalue weighted by Gasteiger charge is -2.40. The monoisotopic (exact) mass is 272 g/mol. The first-order chi connectivity index (χ1) is 9.06. The van der Waals surface area contributed by atoms with E-state index >= 15 is 0 Å². The molecule has 1 aliphatic rings. The Kier molecular flexibility index (Phi) is 7.91. The zero-order valence-electron chi connectivity index (χ0n) is 12.8. The van der Waals surface area contributed by atoms with Gasteiger partial charge in [-0.15, -0.1) is 0 Å². The first-order valence-corrected chi connectivity index (χ1v) is 7.81. The second-order valence-corrected chi connectivity index (χ2v) is 6.31. The van der Waals surface area contributed by atoms with Crippen LogP contribution in [0.4, 0.5) is 0 Å². The van der Waals surface area contributed by atoms with Gasteiger partial charge in [-0.3, -0.25) is 0 Å². The van der Waals surface area contributed by atoms with Crippen LogP contribution in [0, 0.1) is 11.8 Å². The molecule has 0 aromatic heterocycles. The van der Waals surface area contributed by atoms with E-state index in [4.69, 9.17) is 5.11 Å². The van der Waals surface area contributed by atoms with Crippen LogP contribution >= 0.6 is 0 Å². The van der Waals surface area contributed by atoms with E-state index in [-0.39, 0.29) is 12.7 Å². The van der Waals surface area contributed by atoms with Crippen molar-refractivity contribution in [3.05, 3.63) is 0 Å². The fourth-order valence-electron chi connectivity index (χ4n) is 3.04. The van der Waals surface area contributed by atoms with Gasteiger partial charge in [0.15, 0.2) is 0 Å². The van der Waals surface area contributed by atoms with E-state index in [9.17, 15) is 5.11 Å². The number of likely N-dealkylation sites (tertiary alicyclic amines) is 1. The van der Waals surface area contributed by atoms with Crippen LogP contribution in [0.3, 0.4) is 0 Å². The number of hydrogen-bond acceptors (Lipinski definition) is 4. The summed E-state index contributed by atoms with van der Waals surface area (Å²) in [7, 11) is 0. The van der Waals surface area contributed by atoms with Crippen LogP contribution in [-0.2, 0) is 0 Å². The van der Waals surface area contributed by atoms with E-state index < -0.39 is 0 Å². The molecule has 1 heterocycles. The summed E-state index contributed by atoms with van der Waals surface area (Å²) < 4.78 is 0. The van der Waals surface area contributed by atoms with E-state index in [1.807, 2.05) is 0 Å². The van der Waals surface area contributed by atoms with Crippen molar-refractivity contribution in [1.29, 1.82) is 0 Å². The van der Waals surface area contributed by atoms with Crippen molar-refractivity contribution in [3.8, 4) is 0 Å². The van der Waals surface area contributed by atoms with Gasteiger partial charge in [0.1, 0.15) is 0 Å². The summed E-state index contributed by atoms with van der Waals surface area (Å²) in [6, 6.07) is 0.449. The van der Waals surface area contributed by atoms with Crippen LogP contribution in [0.25, 0.3) is 0 Å². The predicted octanol–water partition coefficient (Wildman–Crippen LogP) is 1.08. The number of rotatable bonds is 8. The highest BCUT2D eigenvalue weighted by Gasteiger charge is 2.30. The molecule has 0 amide bonds.